The summed E-state index contributed by atoms with van der Waals surface area (Å²) in [5, 5.41) is 0. The normalized spacial score (nSPS) is 32.0. The van der Waals surface area contributed by atoms with Gasteiger partial charge in [-0.05, 0) is 48.7 Å². The van der Waals surface area contributed by atoms with Crippen molar-refractivity contribution in [2.45, 2.75) is 90.0 Å². The highest BCUT2D eigenvalue weighted by Gasteiger charge is 2.55. The molecule has 0 amide bonds. The van der Waals surface area contributed by atoms with Gasteiger partial charge in [0.2, 0.25) is 8.32 Å². The lowest BCUT2D eigenvalue weighted by Crippen LogP contribution is -2.59. The van der Waals surface area contributed by atoms with Crippen molar-refractivity contribution in [2.75, 3.05) is 0 Å². The summed E-state index contributed by atoms with van der Waals surface area (Å²) in [6.45, 7) is 16.2. The highest BCUT2D eigenvalue weighted by molar-refractivity contribution is 6.77. The van der Waals surface area contributed by atoms with Crippen LogP contribution in [0.3, 0.4) is 0 Å². The molecule has 0 aliphatic heterocycles. The Morgan fingerprint density at radius 2 is 1.73 bits per heavy atom. The Morgan fingerprint density at radius 3 is 2.14 bits per heavy atom. The molecule has 0 aromatic rings. The summed E-state index contributed by atoms with van der Waals surface area (Å²) in [6.07, 6.45) is 6.71. The van der Waals surface area contributed by atoms with E-state index >= 15 is 0 Å². The highest BCUT2D eigenvalue weighted by Crippen LogP contribution is 2.53. The van der Waals surface area contributed by atoms with Gasteiger partial charge in [-0.1, -0.05) is 53.2 Å². The van der Waals surface area contributed by atoms with Gasteiger partial charge in [0.25, 0.3) is 0 Å². The van der Waals surface area contributed by atoms with E-state index in [1.165, 1.54) is 18.3 Å². The predicted molar refractivity (Wildman–Crippen MR) is 95.5 cm³/mol. The first-order valence-corrected chi connectivity index (χ1v) is 11.2. The fourth-order valence-corrected chi connectivity index (χ4v) is 11.0. The monoisotopic (exact) mass is 322 g/mol. The second-order valence-corrected chi connectivity index (χ2v) is 13.9. The zero-order valence-corrected chi connectivity index (χ0v) is 16.5. The minimum Gasteiger partial charge on any atom is -0.406 e. The van der Waals surface area contributed by atoms with Crippen LogP contribution in [0.5, 0.6) is 0 Å². The van der Waals surface area contributed by atoms with Gasteiger partial charge in [-0.25, -0.2) is 0 Å². The Labute approximate surface area is 137 Å². The molecule has 1 fully saturated rings. The number of hydrogen-bond donors (Lipinski definition) is 0. The molecule has 0 unspecified atom stereocenters. The molecule has 3 aliphatic rings. The van der Waals surface area contributed by atoms with Crippen LogP contribution in [0.25, 0.3) is 0 Å². The third kappa shape index (κ3) is 2.64. The van der Waals surface area contributed by atoms with E-state index in [2.05, 4.69) is 54.5 Å². The summed E-state index contributed by atoms with van der Waals surface area (Å²) in [6, 6.07) is 0. The Bertz CT molecular complexity index is 431. The summed E-state index contributed by atoms with van der Waals surface area (Å²) < 4.78 is 7.14. The van der Waals surface area contributed by atoms with Crippen molar-refractivity contribution in [3.8, 4) is 0 Å². The summed E-state index contributed by atoms with van der Waals surface area (Å²) >= 11 is 0. The molecule has 0 heterocycles. The molecule has 0 aromatic carbocycles. The zero-order chi connectivity index (χ0) is 16.7. The minimum absolute atomic E-state index is 0.0538. The smallest absolute Gasteiger partial charge is 0.201 e. The standard InChI is InChI=1S/C19H34O2Si/c1-13(2)22(14(3)4,15(5)6)21-19-9-8-17(16(7)11-19)10-18(19)12-20/h11-15,17-18H,8-10H2,1-7H3/t17-,18-,19+/m1/s1. The molecular formula is C19H34O2Si. The van der Waals surface area contributed by atoms with E-state index < -0.39 is 8.32 Å². The fraction of sp³-hybridized carbons (Fsp3) is 0.842. The Balaban J connectivity index is 2.47. The number of fused-ring (bicyclic) bond motifs is 2. The Hall–Kier alpha value is -0.413. The van der Waals surface area contributed by atoms with Gasteiger partial charge in [-0.2, -0.15) is 0 Å². The van der Waals surface area contributed by atoms with Crippen LogP contribution in [-0.4, -0.2) is 20.2 Å². The Morgan fingerprint density at radius 1 is 1.18 bits per heavy atom. The van der Waals surface area contributed by atoms with E-state index in [1.807, 2.05) is 0 Å². The largest absolute Gasteiger partial charge is 0.406 e. The van der Waals surface area contributed by atoms with Crippen molar-refractivity contribution in [2.24, 2.45) is 11.8 Å². The SMILES string of the molecule is CC1=C[C@@]2(O[Si](C(C)C)(C(C)C)C(C)C)CC[C@@H]1C[C@@H]2C=O. The molecule has 3 rings (SSSR count). The van der Waals surface area contributed by atoms with Crippen molar-refractivity contribution in [1.29, 1.82) is 0 Å². The van der Waals surface area contributed by atoms with Gasteiger partial charge in [0, 0.05) is 5.92 Å². The number of carbonyl (C=O) groups is 1. The Kier molecular flexibility index (Phi) is 5.08. The van der Waals surface area contributed by atoms with Crippen molar-refractivity contribution in [3.63, 3.8) is 0 Å². The molecule has 0 N–H and O–H groups in total. The van der Waals surface area contributed by atoms with Crippen LogP contribution in [0.1, 0.15) is 67.7 Å². The van der Waals surface area contributed by atoms with Gasteiger partial charge in [-0.15, -0.1) is 0 Å². The topological polar surface area (TPSA) is 26.3 Å². The van der Waals surface area contributed by atoms with Crippen LogP contribution in [0.15, 0.2) is 11.6 Å². The predicted octanol–water partition coefficient (Wildman–Crippen LogP) is 5.49. The van der Waals surface area contributed by atoms with Crippen LogP contribution in [0.4, 0.5) is 0 Å². The molecule has 2 bridgehead atoms. The summed E-state index contributed by atoms with van der Waals surface area (Å²) in [5.41, 5.74) is 2.81. The third-order valence-electron chi connectivity index (χ3n) is 6.40. The molecule has 0 aromatic heterocycles. The molecule has 3 atom stereocenters. The molecule has 0 spiro atoms. The molecule has 3 heteroatoms. The highest BCUT2D eigenvalue weighted by atomic mass is 28.4. The maximum Gasteiger partial charge on any atom is 0.201 e. The van der Waals surface area contributed by atoms with E-state index in [1.54, 1.807) is 0 Å². The summed E-state index contributed by atoms with van der Waals surface area (Å²) in [5.74, 6) is 0.659. The summed E-state index contributed by atoms with van der Waals surface area (Å²) in [4.78, 5) is 11.8. The average molecular weight is 323 g/mol. The molecule has 22 heavy (non-hydrogen) atoms. The minimum atomic E-state index is -1.97. The van der Waals surface area contributed by atoms with Crippen LogP contribution < -0.4 is 0 Å². The molecule has 0 radical (unpaired) electrons. The molecular weight excluding hydrogens is 288 g/mol. The number of rotatable bonds is 6. The van der Waals surface area contributed by atoms with Crippen molar-refractivity contribution in [1.82, 2.24) is 0 Å². The van der Waals surface area contributed by atoms with Crippen molar-refractivity contribution >= 4 is 14.6 Å². The van der Waals surface area contributed by atoms with E-state index in [0.717, 1.165) is 12.8 Å². The van der Waals surface area contributed by atoms with Crippen LogP contribution in [0, 0.1) is 11.8 Å². The maximum atomic E-state index is 11.8. The number of hydrogen-bond acceptors (Lipinski definition) is 2. The molecule has 0 saturated heterocycles. The van der Waals surface area contributed by atoms with Gasteiger partial charge >= 0.3 is 0 Å². The van der Waals surface area contributed by atoms with Crippen LogP contribution in [-0.2, 0) is 9.22 Å². The van der Waals surface area contributed by atoms with Gasteiger partial charge in [0.05, 0.1) is 5.60 Å². The van der Waals surface area contributed by atoms with Crippen LogP contribution in [0.2, 0.25) is 16.6 Å². The second-order valence-electron chi connectivity index (χ2n) is 8.48. The first kappa shape index (κ1) is 17.9. The first-order chi connectivity index (χ1) is 10.2. The van der Waals surface area contributed by atoms with Crippen molar-refractivity contribution < 1.29 is 9.22 Å². The third-order valence-corrected chi connectivity index (χ3v) is 12.6. The molecule has 3 aliphatic carbocycles. The molecule has 2 nitrogen and oxygen atoms in total. The lowest BCUT2D eigenvalue weighted by atomic mass is 9.64. The average Bonchev–Trinajstić information content (AvgIpc) is 2.44. The lowest BCUT2D eigenvalue weighted by Gasteiger charge is -2.55. The van der Waals surface area contributed by atoms with Gasteiger partial charge < -0.3 is 9.22 Å². The van der Waals surface area contributed by atoms with E-state index in [9.17, 15) is 4.79 Å². The van der Waals surface area contributed by atoms with Crippen LogP contribution >= 0.6 is 0 Å². The zero-order valence-electron chi connectivity index (χ0n) is 15.5. The fourth-order valence-electron chi connectivity index (χ4n) is 5.31. The number of aldehydes is 1. The van der Waals surface area contributed by atoms with E-state index in [-0.39, 0.29) is 11.5 Å². The van der Waals surface area contributed by atoms with Gasteiger partial charge in [0.1, 0.15) is 6.29 Å². The van der Waals surface area contributed by atoms with Gasteiger partial charge in [-0.3, -0.25) is 0 Å². The molecule has 126 valence electrons. The number of carbonyl (C=O) groups excluding carboxylic acids is 1. The quantitative estimate of drug-likeness (QED) is 0.367. The second kappa shape index (κ2) is 6.24. The van der Waals surface area contributed by atoms with Crippen molar-refractivity contribution in [3.05, 3.63) is 11.6 Å². The number of allylic oxidation sites excluding steroid dienone is 1. The van der Waals surface area contributed by atoms with Gasteiger partial charge in [0.15, 0.2) is 0 Å². The summed E-state index contributed by atoms with van der Waals surface area (Å²) in [7, 11) is -1.97. The van der Waals surface area contributed by atoms with E-state index in [0.29, 0.717) is 22.5 Å². The maximum absolute atomic E-state index is 11.8. The lowest BCUT2D eigenvalue weighted by molar-refractivity contribution is -0.121. The van der Waals surface area contributed by atoms with E-state index in [4.69, 9.17) is 4.43 Å². The molecule has 1 saturated carbocycles. The first-order valence-electron chi connectivity index (χ1n) is 9.04.